The summed E-state index contributed by atoms with van der Waals surface area (Å²) in [6, 6.07) is 7.85. The van der Waals surface area contributed by atoms with Gasteiger partial charge in [0.05, 0.1) is 10.6 Å². The number of nitrogens with one attached hydrogen (secondary N) is 2. The fraction of sp³-hybridized carbons (Fsp3) is 0.211. The van der Waals surface area contributed by atoms with Crippen LogP contribution >= 0.6 is 0 Å². The van der Waals surface area contributed by atoms with Gasteiger partial charge >= 0.3 is 5.97 Å². The van der Waals surface area contributed by atoms with Gasteiger partial charge in [-0.05, 0) is 32.0 Å². The molecule has 0 heterocycles. The molecule has 29 heavy (non-hydrogen) atoms. The molecule has 0 aliphatic carbocycles. The van der Waals surface area contributed by atoms with E-state index in [1.165, 1.54) is 0 Å². The fourth-order valence-electron chi connectivity index (χ4n) is 2.47. The van der Waals surface area contributed by atoms with Crippen molar-refractivity contribution in [1.82, 2.24) is 5.32 Å². The zero-order chi connectivity index (χ0) is 21.6. The third kappa shape index (κ3) is 6.38. The number of hydrogen-bond donors (Lipinski definition) is 2. The van der Waals surface area contributed by atoms with Gasteiger partial charge in [0.1, 0.15) is 12.4 Å². The number of hydrogen-bond acceptors (Lipinski definition) is 6. The van der Waals surface area contributed by atoms with E-state index in [0.717, 1.165) is 29.3 Å². The number of esters is 1. The number of non-ortho nitro benzene ring substituents is 1. The molecule has 0 aliphatic heterocycles. The molecule has 0 radical (unpaired) electrons. The zero-order valence-corrected chi connectivity index (χ0v) is 15.7. The summed E-state index contributed by atoms with van der Waals surface area (Å²) in [6.07, 6.45) is 0. The molecule has 2 N–H and O–H groups in total. The first-order valence-electron chi connectivity index (χ1n) is 8.41. The number of aryl methyl sites for hydroxylation is 2. The molecule has 0 bridgehead atoms. The lowest BCUT2D eigenvalue weighted by molar-refractivity contribution is -0.384. The summed E-state index contributed by atoms with van der Waals surface area (Å²) in [5.74, 6) is -3.12. The van der Waals surface area contributed by atoms with E-state index in [1.54, 1.807) is 12.1 Å². The van der Waals surface area contributed by atoms with Crippen molar-refractivity contribution in [2.75, 3.05) is 18.5 Å². The van der Waals surface area contributed by atoms with E-state index in [0.29, 0.717) is 5.56 Å². The lowest BCUT2D eigenvalue weighted by Crippen LogP contribution is -2.32. The molecule has 0 unspecified atom stereocenters. The molecule has 2 aromatic carbocycles. The minimum Gasteiger partial charge on any atom is -0.454 e. The zero-order valence-electron chi connectivity index (χ0n) is 15.7. The van der Waals surface area contributed by atoms with Gasteiger partial charge in [-0.25, -0.2) is 4.39 Å². The highest BCUT2D eigenvalue weighted by Gasteiger charge is 2.15. The van der Waals surface area contributed by atoms with Gasteiger partial charge in [-0.15, -0.1) is 0 Å². The first-order valence-corrected chi connectivity index (χ1v) is 8.41. The summed E-state index contributed by atoms with van der Waals surface area (Å²) in [7, 11) is 0. The highest BCUT2D eigenvalue weighted by molar-refractivity contribution is 5.97. The maximum absolute atomic E-state index is 13.6. The van der Waals surface area contributed by atoms with Gasteiger partial charge in [-0.2, -0.15) is 0 Å². The Balaban J connectivity index is 1.83. The van der Waals surface area contributed by atoms with E-state index in [1.807, 2.05) is 19.9 Å². The highest BCUT2D eigenvalue weighted by Crippen LogP contribution is 2.21. The van der Waals surface area contributed by atoms with Gasteiger partial charge < -0.3 is 15.4 Å². The normalized spacial score (nSPS) is 10.2. The number of anilines is 1. The minimum absolute atomic E-state index is 0.384. The van der Waals surface area contributed by atoms with Crippen LogP contribution in [0.1, 0.15) is 21.5 Å². The summed E-state index contributed by atoms with van der Waals surface area (Å²) in [4.78, 5) is 45.5. The summed E-state index contributed by atoms with van der Waals surface area (Å²) >= 11 is 0. The quantitative estimate of drug-likeness (QED) is 0.415. The topological polar surface area (TPSA) is 128 Å². The maximum Gasteiger partial charge on any atom is 0.325 e. The molecule has 9 nitrogen and oxygen atoms in total. The number of carbonyl (C=O) groups excluding carboxylic acids is 3. The van der Waals surface area contributed by atoms with Crippen LogP contribution in [0.2, 0.25) is 0 Å². The molecule has 0 atom stereocenters. The molecular formula is C19H18FN3O6. The summed E-state index contributed by atoms with van der Waals surface area (Å²) in [5.41, 5.74) is 1.34. The van der Waals surface area contributed by atoms with E-state index in [-0.39, 0.29) is 0 Å². The molecule has 0 aromatic heterocycles. The number of nitrogens with zero attached hydrogens (tertiary/aromatic N) is 1. The molecule has 0 fully saturated rings. The smallest absolute Gasteiger partial charge is 0.325 e. The largest absolute Gasteiger partial charge is 0.454 e. The van der Waals surface area contributed by atoms with Crippen LogP contribution in [-0.2, 0) is 14.3 Å². The van der Waals surface area contributed by atoms with Crippen LogP contribution in [-0.4, -0.2) is 35.9 Å². The fourth-order valence-corrected chi connectivity index (χ4v) is 2.47. The van der Waals surface area contributed by atoms with Crippen molar-refractivity contribution >= 4 is 29.2 Å². The third-order valence-corrected chi connectivity index (χ3v) is 3.68. The molecule has 0 saturated carbocycles. The van der Waals surface area contributed by atoms with Crippen LogP contribution in [0.25, 0.3) is 0 Å². The number of amides is 2. The molecular weight excluding hydrogens is 385 g/mol. The number of rotatable bonds is 7. The molecule has 2 amide bonds. The highest BCUT2D eigenvalue weighted by atomic mass is 19.1. The number of nitro benzene ring substituents is 1. The van der Waals surface area contributed by atoms with Crippen LogP contribution < -0.4 is 10.6 Å². The Morgan fingerprint density at radius 2 is 1.76 bits per heavy atom. The van der Waals surface area contributed by atoms with Gasteiger partial charge in [0.2, 0.25) is 0 Å². The Morgan fingerprint density at radius 3 is 2.38 bits per heavy atom. The first-order chi connectivity index (χ1) is 13.7. The second-order valence-electron chi connectivity index (χ2n) is 6.19. The van der Waals surface area contributed by atoms with Crippen LogP contribution in [0.3, 0.4) is 0 Å². The Morgan fingerprint density at radius 1 is 1.10 bits per heavy atom. The number of halogens is 1. The summed E-state index contributed by atoms with van der Waals surface area (Å²) in [5, 5.41) is 15.2. The number of nitro groups is 1. The Hall–Kier alpha value is -3.82. The predicted molar refractivity (Wildman–Crippen MR) is 101 cm³/mol. The van der Waals surface area contributed by atoms with Crippen molar-refractivity contribution in [3.05, 3.63) is 69.0 Å². The van der Waals surface area contributed by atoms with Crippen molar-refractivity contribution < 1.29 is 28.4 Å². The van der Waals surface area contributed by atoms with Gasteiger partial charge in [-0.3, -0.25) is 24.5 Å². The van der Waals surface area contributed by atoms with Gasteiger partial charge in [0.15, 0.2) is 6.61 Å². The van der Waals surface area contributed by atoms with E-state index in [2.05, 4.69) is 10.6 Å². The van der Waals surface area contributed by atoms with Crippen molar-refractivity contribution in [1.29, 1.82) is 0 Å². The molecule has 0 spiro atoms. The van der Waals surface area contributed by atoms with Crippen LogP contribution in [0.4, 0.5) is 15.8 Å². The van der Waals surface area contributed by atoms with E-state index in [9.17, 15) is 28.9 Å². The summed E-state index contributed by atoms with van der Waals surface area (Å²) < 4.78 is 18.3. The van der Waals surface area contributed by atoms with Crippen molar-refractivity contribution in [2.45, 2.75) is 13.8 Å². The molecule has 10 heteroatoms. The standard InChI is InChI=1S/C19H18FN3O6/c1-11-5-12(2)7-13(6-11)19(26)21-9-18(25)29-10-17(24)22-16-8-14(23(27)28)3-4-15(16)20/h3-8H,9-10H2,1-2H3,(H,21,26)(H,22,24). The lowest BCUT2D eigenvalue weighted by Gasteiger charge is -2.09. The molecule has 0 saturated heterocycles. The predicted octanol–water partition coefficient (Wildman–Crippen LogP) is 2.26. The number of benzene rings is 2. The second-order valence-corrected chi connectivity index (χ2v) is 6.19. The Bertz CT molecular complexity index is 956. The molecule has 0 aliphatic rings. The van der Waals surface area contributed by atoms with E-state index in [4.69, 9.17) is 4.74 Å². The second kappa shape index (κ2) is 9.40. The van der Waals surface area contributed by atoms with Gasteiger partial charge in [-0.1, -0.05) is 17.2 Å². The molecule has 2 aromatic rings. The van der Waals surface area contributed by atoms with Crippen molar-refractivity contribution in [3.8, 4) is 0 Å². The number of carbonyl (C=O) groups is 3. The average molecular weight is 403 g/mol. The summed E-state index contributed by atoms with van der Waals surface area (Å²) in [6.45, 7) is 2.45. The SMILES string of the molecule is Cc1cc(C)cc(C(=O)NCC(=O)OCC(=O)Nc2cc([N+](=O)[O-])ccc2F)c1. The lowest BCUT2D eigenvalue weighted by atomic mass is 10.1. The van der Waals surface area contributed by atoms with Crippen LogP contribution in [0, 0.1) is 29.8 Å². The monoisotopic (exact) mass is 403 g/mol. The third-order valence-electron chi connectivity index (χ3n) is 3.68. The van der Waals surface area contributed by atoms with Gasteiger partial charge in [0.25, 0.3) is 17.5 Å². The molecule has 2 rings (SSSR count). The van der Waals surface area contributed by atoms with Crippen LogP contribution in [0.15, 0.2) is 36.4 Å². The number of ether oxygens (including phenoxy) is 1. The van der Waals surface area contributed by atoms with Crippen LogP contribution in [0.5, 0.6) is 0 Å². The average Bonchev–Trinajstić information content (AvgIpc) is 2.65. The van der Waals surface area contributed by atoms with Crippen molar-refractivity contribution in [3.63, 3.8) is 0 Å². The Kier molecular flexibility index (Phi) is 6.96. The maximum atomic E-state index is 13.6. The Labute approximate surface area is 165 Å². The van der Waals surface area contributed by atoms with Gasteiger partial charge in [0, 0.05) is 17.7 Å². The van der Waals surface area contributed by atoms with Crippen molar-refractivity contribution in [2.24, 2.45) is 0 Å². The molecule has 152 valence electrons. The minimum atomic E-state index is -0.890. The first kappa shape index (κ1) is 21.5. The van der Waals surface area contributed by atoms with E-state index >= 15 is 0 Å². The van der Waals surface area contributed by atoms with E-state index < -0.39 is 53.1 Å².